The van der Waals surface area contributed by atoms with Crippen molar-refractivity contribution in [2.75, 3.05) is 13.2 Å². The van der Waals surface area contributed by atoms with Gasteiger partial charge in [-0.05, 0) is 0 Å². The number of carboxylic acids is 2. The topological polar surface area (TPSA) is 93.1 Å². The molecular formula is C16H14O6Te. The van der Waals surface area contributed by atoms with Crippen LogP contribution in [0.15, 0.2) is 48.5 Å². The van der Waals surface area contributed by atoms with Crippen molar-refractivity contribution in [3.8, 4) is 11.5 Å². The van der Waals surface area contributed by atoms with Gasteiger partial charge in [-0.2, -0.15) is 0 Å². The molecule has 0 bridgehead atoms. The van der Waals surface area contributed by atoms with E-state index in [2.05, 4.69) is 0 Å². The van der Waals surface area contributed by atoms with E-state index >= 15 is 0 Å². The second-order valence-electron chi connectivity index (χ2n) is 4.41. The van der Waals surface area contributed by atoms with Crippen molar-refractivity contribution >= 4 is 40.1 Å². The van der Waals surface area contributed by atoms with Gasteiger partial charge in [0.2, 0.25) is 0 Å². The summed E-state index contributed by atoms with van der Waals surface area (Å²) in [6.45, 7) is -0.707. The molecule has 0 atom stereocenters. The number of rotatable bonds is 8. The normalized spacial score (nSPS) is 10.1. The molecule has 0 unspecified atom stereocenters. The summed E-state index contributed by atoms with van der Waals surface area (Å²) in [6.07, 6.45) is 0. The summed E-state index contributed by atoms with van der Waals surface area (Å²) in [4.78, 5) is 20.9. The molecule has 0 radical (unpaired) electrons. The monoisotopic (exact) mass is 432 g/mol. The Morgan fingerprint density at radius 1 is 0.739 bits per heavy atom. The first-order valence-corrected chi connectivity index (χ1v) is 8.93. The second-order valence-corrected chi connectivity index (χ2v) is 7.68. The molecule has 0 aliphatic rings. The molecule has 0 spiro atoms. The van der Waals surface area contributed by atoms with Crippen LogP contribution in [0.3, 0.4) is 0 Å². The van der Waals surface area contributed by atoms with Crippen LogP contribution < -0.4 is 16.7 Å². The number of aliphatic carboxylic acids is 2. The molecule has 120 valence electrons. The molecule has 7 heteroatoms. The van der Waals surface area contributed by atoms with E-state index in [0.717, 1.165) is 0 Å². The standard InChI is InChI=1S/C16H14O6Te/c17-15(18)9-21-11-1-5-13(6-2-11)23-14-7-3-12(4-8-14)22-10-16(19)20/h1-8H,9-10H2,(H,17,18)(H,19,20). The Morgan fingerprint density at radius 3 is 1.39 bits per heavy atom. The van der Waals surface area contributed by atoms with Gasteiger partial charge >= 0.3 is 143 Å². The van der Waals surface area contributed by atoms with Gasteiger partial charge in [0.25, 0.3) is 0 Å². The number of carbonyl (C=O) groups is 2. The Kier molecular flexibility index (Phi) is 6.27. The molecule has 0 saturated heterocycles. The van der Waals surface area contributed by atoms with Gasteiger partial charge in [0.05, 0.1) is 0 Å². The van der Waals surface area contributed by atoms with Gasteiger partial charge in [-0.15, -0.1) is 0 Å². The Morgan fingerprint density at radius 2 is 1.09 bits per heavy atom. The van der Waals surface area contributed by atoms with Crippen LogP contribution in [0.2, 0.25) is 0 Å². The predicted molar refractivity (Wildman–Crippen MR) is 84.2 cm³/mol. The fourth-order valence-electron chi connectivity index (χ4n) is 1.63. The maximum absolute atomic E-state index is 10.4. The van der Waals surface area contributed by atoms with E-state index in [1.807, 2.05) is 24.3 Å². The average Bonchev–Trinajstić information content (AvgIpc) is 2.53. The van der Waals surface area contributed by atoms with Crippen LogP contribution >= 0.6 is 0 Å². The van der Waals surface area contributed by atoms with Gasteiger partial charge in [0.15, 0.2) is 0 Å². The van der Waals surface area contributed by atoms with Crippen LogP contribution in [0.5, 0.6) is 11.5 Å². The van der Waals surface area contributed by atoms with Gasteiger partial charge in [-0.25, -0.2) is 0 Å². The molecule has 0 aliphatic heterocycles. The summed E-state index contributed by atoms with van der Waals surface area (Å²) in [5.41, 5.74) is 0. The second kappa shape index (κ2) is 8.41. The SMILES string of the molecule is O=C(O)COc1ccc([Te]c2ccc(OCC(=O)O)cc2)cc1. The molecule has 23 heavy (non-hydrogen) atoms. The molecule has 0 heterocycles. The molecule has 0 fully saturated rings. The molecule has 0 saturated carbocycles. The van der Waals surface area contributed by atoms with E-state index in [9.17, 15) is 9.59 Å². The van der Waals surface area contributed by atoms with Gasteiger partial charge < -0.3 is 0 Å². The quantitative estimate of drug-likeness (QED) is 0.585. The number of hydrogen-bond donors (Lipinski definition) is 2. The Balaban J connectivity index is 1.91. The van der Waals surface area contributed by atoms with E-state index in [1.165, 1.54) is 7.22 Å². The minimum atomic E-state index is -1.01. The summed E-state index contributed by atoms with van der Waals surface area (Å²) >= 11 is -0.582. The first kappa shape index (κ1) is 17.1. The Bertz CT molecular complexity index is 606. The van der Waals surface area contributed by atoms with Gasteiger partial charge in [-0.3, -0.25) is 0 Å². The van der Waals surface area contributed by atoms with E-state index in [-0.39, 0.29) is 13.2 Å². The van der Waals surface area contributed by atoms with E-state index in [0.29, 0.717) is 11.5 Å². The summed E-state index contributed by atoms with van der Waals surface area (Å²) < 4.78 is 12.5. The maximum atomic E-state index is 10.4. The molecule has 6 nitrogen and oxygen atoms in total. The van der Waals surface area contributed by atoms with Crippen molar-refractivity contribution in [2.45, 2.75) is 0 Å². The van der Waals surface area contributed by atoms with Crippen LogP contribution in [0.4, 0.5) is 0 Å². The average molecular weight is 430 g/mol. The molecular weight excluding hydrogens is 416 g/mol. The van der Waals surface area contributed by atoms with Crippen LogP contribution in [0, 0.1) is 0 Å². The molecule has 2 aromatic rings. The number of benzene rings is 2. The minimum absolute atomic E-state index is 0.353. The summed E-state index contributed by atoms with van der Waals surface area (Å²) in [6, 6.07) is 14.7. The predicted octanol–water partition coefficient (Wildman–Crippen LogP) is 0.268. The van der Waals surface area contributed by atoms with E-state index < -0.39 is 32.9 Å². The van der Waals surface area contributed by atoms with Crippen LogP contribution in [-0.4, -0.2) is 56.3 Å². The molecule has 0 aliphatic carbocycles. The molecule has 0 aromatic heterocycles. The molecule has 2 aromatic carbocycles. The molecule has 2 rings (SSSR count). The fraction of sp³-hybridized carbons (Fsp3) is 0.125. The fourth-order valence-corrected chi connectivity index (χ4v) is 3.96. The van der Waals surface area contributed by atoms with Crippen LogP contribution in [0.1, 0.15) is 0 Å². The third kappa shape index (κ3) is 6.18. The zero-order chi connectivity index (χ0) is 16.7. The third-order valence-electron chi connectivity index (χ3n) is 2.61. The Labute approximate surface area is 142 Å². The van der Waals surface area contributed by atoms with E-state index in [1.54, 1.807) is 24.3 Å². The van der Waals surface area contributed by atoms with Gasteiger partial charge in [0, 0.05) is 0 Å². The van der Waals surface area contributed by atoms with Crippen molar-refractivity contribution < 1.29 is 29.3 Å². The number of ether oxygens (including phenoxy) is 2. The first-order valence-electron chi connectivity index (χ1n) is 6.60. The van der Waals surface area contributed by atoms with Crippen molar-refractivity contribution in [1.82, 2.24) is 0 Å². The van der Waals surface area contributed by atoms with Crippen molar-refractivity contribution in [1.29, 1.82) is 0 Å². The van der Waals surface area contributed by atoms with Crippen molar-refractivity contribution in [3.05, 3.63) is 48.5 Å². The zero-order valence-electron chi connectivity index (χ0n) is 12.0. The van der Waals surface area contributed by atoms with Gasteiger partial charge in [-0.1, -0.05) is 0 Å². The summed E-state index contributed by atoms with van der Waals surface area (Å²) in [5.74, 6) is -0.955. The summed E-state index contributed by atoms with van der Waals surface area (Å²) in [5, 5.41) is 17.1. The van der Waals surface area contributed by atoms with Crippen LogP contribution in [0.25, 0.3) is 0 Å². The zero-order valence-corrected chi connectivity index (χ0v) is 14.3. The van der Waals surface area contributed by atoms with E-state index in [4.69, 9.17) is 19.7 Å². The molecule has 2 N–H and O–H groups in total. The first-order chi connectivity index (χ1) is 11.0. The Hall–Kier alpha value is -2.23. The van der Waals surface area contributed by atoms with Crippen molar-refractivity contribution in [2.24, 2.45) is 0 Å². The summed E-state index contributed by atoms with van der Waals surface area (Å²) in [7, 11) is 0. The number of carboxylic acid groups (broad SMARTS) is 2. The van der Waals surface area contributed by atoms with Crippen molar-refractivity contribution in [3.63, 3.8) is 0 Å². The number of hydrogen-bond acceptors (Lipinski definition) is 4. The third-order valence-corrected chi connectivity index (χ3v) is 5.51. The molecule has 0 amide bonds. The van der Waals surface area contributed by atoms with Gasteiger partial charge in [0.1, 0.15) is 0 Å². The van der Waals surface area contributed by atoms with Crippen LogP contribution in [-0.2, 0) is 9.59 Å².